The molecular formula is C14H24Si. The van der Waals surface area contributed by atoms with Gasteiger partial charge in [-0.2, -0.15) is 0 Å². The summed E-state index contributed by atoms with van der Waals surface area (Å²) in [5.41, 5.74) is 2.16. The van der Waals surface area contributed by atoms with Crippen molar-refractivity contribution in [2.45, 2.75) is 46.8 Å². The largest absolute Gasteiger partial charge is 0.0778 e. The van der Waals surface area contributed by atoms with Crippen molar-refractivity contribution in [1.29, 1.82) is 0 Å². The van der Waals surface area contributed by atoms with E-state index in [2.05, 4.69) is 52.6 Å². The highest BCUT2D eigenvalue weighted by atomic mass is 28.3. The SMILES string of the molecule is CC1CC(C)(C)C2=CC([Si](C)(C)C)=CC21. The summed E-state index contributed by atoms with van der Waals surface area (Å²) in [5.74, 6) is 1.61. The minimum atomic E-state index is -1.10. The van der Waals surface area contributed by atoms with E-state index in [1.54, 1.807) is 10.8 Å². The molecule has 0 bridgehead atoms. The van der Waals surface area contributed by atoms with Gasteiger partial charge in [0.1, 0.15) is 0 Å². The van der Waals surface area contributed by atoms with Crippen LogP contribution in [-0.4, -0.2) is 8.07 Å². The average Bonchev–Trinajstić information content (AvgIpc) is 2.51. The molecule has 2 aliphatic carbocycles. The Balaban J connectivity index is 2.37. The van der Waals surface area contributed by atoms with Crippen molar-refractivity contribution < 1.29 is 0 Å². The van der Waals surface area contributed by atoms with E-state index in [1.165, 1.54) is 6.42 Å². The van der Waals surface area contributed by atoms with Crippen LogP contribution in [-0.2, 0) is 0 Å². The maximum Gasteiger partial charge on any atom is 0.0772 e. The van der Waals surface area contributed by atoms with Crippen LogP contribution >= 0.6 is 0 Å². The van der Waals surface area contributed by atoms with Gasteiger partial charge in [0.05, 0.1) is 8.07 Å². The Morgan fingerprint density at radius 3 is 2.33 bits per heavy atom. The van der Waals surface area contributed by atoms with Crippen LogP contribution in [0.1, 0.15) is 27.2 Å². The molecule has 0 nitrogen and oxygen atoms in total. The Bertz CT molecular complexity index is 339. The fourth-order valence-corrected chi connectivity index (χ4v) is 4.50. The van der Waals surface area contributed by atoms with Crippen molar-refractivity contribution in [1.82, 2.24) is 0 Å². The molecule has 0 saturated heterocycles. The van der Waals surface area contributed by atoms with E-state index in [4.69, 9.17) is 0 Å². The summed E-state index contributed by atoms with van der Waals surface area (Å²) >= 11 is 0. The van der Waals surface area contributed by atoms with Crippen LogP contribution in [0, 0.1) is 17.3 Å². The Morgan fingerprint density at radius 2 is 1.87 bits per heavy atom. The van der Waals surface area contributed by atoms with Crippen LogP contribution in [0.2, 0.25) is 19.6 Å². The summed E-state index contributed by atoms with van der Waals surface area (Å²) in [5, 5.41) is 1.68. The molecule has 1 saturated carbocycles. The lowest BCUT2D eigenvalue weighted by Crippen LogP contribution is -2.22. The highest BCUT2D eigenvalue weighted by Gasteiger charge is 2.43. The third-order valence-corrected chi connectivity index (χ3v) is 6.17. The van der Waals surface area contributed by atoms with Gasteiger partial charge in [-0.15, -0.1) is 0 Å². The molecule has 1 fully saturated rings. The van der Waals surface area contributed by atoms with E-state index < -0.39 is 8.07 Å². The van der Waals surface area contributed by atoms with E-state index in [1.807, 2.05) is 0 Å². The highest BCUT2D eigenvalue weighted by Crippen LogP contribution is 2.53. The predicted octanol–water partition coefficient (Wildman–Crippen LogP) is 4.41. The zero-order valence-electron chi connectivity index (χ0n) is 11.0. The average molecular weight is 220 g/mol. The minimum absolute atomic E-state index is 0.446. The summed E-state index contributed by atoms with van der Waals surface area (Å²) in [6, 6.07) is 0. The maximum atomic E-state index is 2.58. The normalized spacial score (nSPS) is 33.7. The predicted molar refractivity (Wildman–Crippen MR) is 70.6 cm³/mol. The molecule has 0 aromatic heterocycles. The highest BCUT2D eigenvalue weighted by molar-refractivity contribution is 6.83. The Kier molecular flexibility index (Phi) is 2.31. The minimum Gasteiger partial charge on any atom is -0.0778 e. The maximum absolute atomic E-state index is 2.58. The number of hydrogen-bond acceptors (Lipinski definition) is 0. The van der Waals surface area contributed by atoms with Crippen molar-refractivity contribution in [2.75, 3.05) is 0 Å². The van der Waals surface area contributed by atoms with Gasteiger partial charge in [0.15, 0.2) is 0 Å². The number of allylic oxidation sites excluding steroid dienone is 4. The first-order valence-corrected chi connectivity index (χ1v) is 9.66. The topological polar surface area (TPSA) is 0 Å². The fourth-order valence-electron chi connectivity index (χ4n) is 3.23. The molecule has 0 N–H and O–H groups in total. The van der Waals surface area contributed by atoms with Gasteiger partial charge in [-0.1, -0.05) is 63.3 Å². The van der Waals surface area contributed by atoms with Crippen LogP contribution in [0.15, 0.2) is 22.9 Å². The van der Waals surface area contributed by atoms with E-state index in [9.17, 15) is 0 Å². The second kappa shape index (κ2) is 3.10. The molecule has 15 heavy (non-hydrogen) atoms. The van der Waals surface area contributed by atoms with E-state index in [0.29, 0.717) is 5.41 Å². The van der Waals surface area contributed by atoms with Gasteiger partial charge in [0.2, 0.25) is 0 Å². The Labute approximate surface area is 95.5 Å². The van der Waals surface area contributed by atoms with Crippen LogP contribution in [0.3, 0.4) is 0 Å². The quantitative estimate of drug-likeness (QED) is 0.574. The monoisotopic (exact) mass is 220 g/mol. The lowest BCUT2D eigenvalue weighted by molar-refractivity contribution is 0.412. The van der Waals surface area contributed by atoms with Crippen LogP contribution < -0.4 is 0 Å². The lowest BCUT2D eigenvalue weighted by Gasteiger charge is -2.21. The van der Waals surface area contributed by atoms with Crippen LogP contribution in [0.25, 0.3) is 0 Å². The van der Waals surface area contributed by atoms with Gasteiger partial charge in [0, 0.05) is 5.92 Å². The Hall–Kier alpha value is -0.303. The van der Waals surface area contributed by atoms with Crippen molar-refractivity contribution in [3.63, 3.8) is 0 Å². The molecule has 0 aromatic rings. The molecular weight excluding hydrogens is 196 g/mol. The summed E-state index contributed by atoms with van der Waals surface area (Å²) in [6.07, 6.45) is 6.49. The van der Waals surface area contributed by atoms with Gasteiger partial charge in [-0.3, -0.25) is 0 Å². The molecule has 0 spiro atoms. The van der Waals surface area contributed by atoms with Gasteiger partial charge >= 0.3 is 0 Å². The van der Waals surface area contributed by atoms with Crippen molar-refractivity contribution in [3.05, 3.63) is 22.9 Å². The lowest BCUT2D eigenvalue weighted by atomic mass is 9.86. The molecule has 2 rings (SSSR count). The first-order valence-electron chi connectivity index (χ1n) is 6.16. The fraction of sp³-hybridized carbons (Fsp3) is 0.714. The third kappa shape index (κ3) is 1.75. The van der Waals surface area contributed by atoms with E-state index in [0.717, 1.165) is 11.8 Å². The van der Waals surface area contributed by atoms with Gasteiger partial charge in [-0.25, -0.2) is 0 Å². The number of fused-ring (bicyclic) bond motifs is 1. The second-order valence-electron chi connectivity index (χ2n) is 7.06. The first-order chi connectivity index (χ1) is 6.72. The molecule has 2 unspecified atom stereocenters. The standard InChI is InChI=1S/C14H24Si/c1-10-9-14(2,3)13-8-11(7-12(10)13)15(4,5)6/h7-8,10,12H,9H2,1-6H3. The summed E-state index contributed by atoms with van der Waals surface area (Å²) in [4.78, 5) is 0. The molecule has 2 atom stereocenters. The molecule has 84 valence electrons. The first kappa shape index (κ1) is 11.2. The molecule has 2 aliphatic rings. The summed E-state index contributed by atoms with van der Waals surface area (Å²) in [6.45, 7) is 14.6. The molecule has 0 amide bonds. The van der Waals surface area contributed by atoms with Crippen molar-refractivity contribution in [2.24, 2.45) is 17.3 Å². The van der Waals surface area contributed by atoms with Gasteiger partial charge in [0.25, 0.3) is 0 Å². The zero-order chi connectivity index (χ0) is 11.4. The smallest absolute Gasteiger partial charge is 0.0772 e. The van der Waals surface area contributed by atoms with Crippen molar-refractivity contribution >= 4 is 8.07 Å². The molecule has 0 heterocycles. The second-order valence-corrected chi connectivity index (χ2v) is 12.1. The van der Waals surface area contributed by atoms with Crippen molar-refractivity contribution in [3.8, 4) is 0 Å². The van der Waals surface area contributed by atoms with Crippen LogP contribution in [0.4, 0.5) is 0 Å². The molecule has 0 aliphatic heterocycles. The number of hydrogen-bond donors (Lipinski definition) is 0. The van der Waals surface area contributed by atoms with E-state index in [-0.39, 0.29) is 0 Å². The summed E-state index contributed by atoms with van der Waals surface area (Å²) < 4.78 is 0. The van der Waals surface area contributed by atoms with Gasteiger partial charge in [-0.05, 0) is 17.8 Å². The van der Waals surface area contributed by atoms with E-state index >= 15 is 0 Å². The molecule has 1 heteroatoms. The third-order valence-electron chi connectivity index (χ3n) is 4.12. The molecule has 0 aromatic carbocycles. The molecule has 0 radical (unpaired) electrons. The summed E-state index contributed by atoms with van der Waals surface area (Å²) in [7, 11) is -1.10. The number of rotatable bonds is 1. The van der Waals surface area contributed by atoms with Crippen LogP contribution in [0.5, 0.6) is 0 Å². The zero-order valence-corrected chi connectivity index (χ0v) is 12.0. The van der Waals surface area contributed by atoms with Gasteiger partial charge < -0.3 is 0 Å². The Morgan fingerprint density at radius 1 is 1.27 bits per heavy atom.